The van der Waals surface area contributed by atoms with Crippen LogP contribution in [0.2, 0.25) is 5.02 Å². The highest BCUT2D eigenvalue weighted by molar-refractivity contribution is 6.31. The van der Waals surface area contributed by atoms with Crippen LogP contribution in [0.3, 0.4) is 0 Å². The van der Waals surface area contributed by atoms with E-state index in [2.05, 4.69) is 4.98 Å². The van der Waals surface area contributed by atoms with Gasteiger partial charge < -0.3 is 14.6 Å². The minimum absolute atomic E-state index is 0.332. The van der Waals surface area contributed by atoms with Crippen LogP contribution in [0.5, 0.6) is 0 Å². The molecule has 110 valence electrons. The van der Waals surface area contributed by atoms with E-state index in [1.807, 2.05) is 4.90 Å². The topological polar surface area (TPSA) is 88.5 Å². The van der Waals surface area contributed by atoms with Gasteiger partial charge in [-0.25, -0.2) is 0 Å². The third-order valence-electron chi connectivity index (χ3n) is 3.43. The van der Waals surface area contributed by atoms with Crippen molar-refractivity contribution in [3.63, 3.8) is 0 Å². The van der Waals surface area contributed by atoms with Gasteiger partial charge in [-0.05, 0) is 18.2 Å². The van der Waals surface area contributed by atoms with E-state index in [-0.39, 0.29) is 0 Å². The Hall–Kier alpha value is -2.12. The first kappa shape index (κ1) is 13.8. The maximum absolute atomic E-state index is 12.1. The van der Waals surface area contributed by atoms with Crippen molar-refractivity contribution in [3.05, 3.63) is 43.7 Å². The van der Waals surface area contributed by atoms with Crippen molar-refractivity contribution in [2.45, 2.75) is 0 Å². The molecule has 0 atom stereocenters. The van der Waals surface area contributed by atoms with Gasteiger partial charge in [-0.1, -0.05) is 11.6 Å². The Morgan fingerprint density at radius 1 is 1.33 bits per heavy atom. The number of benzene rings is 1. The van der Waals surface area contributed by atoms with Crippen molar-refractivity contribution in [1.29, 1.82) is 0 Å². The molecule has 1 aromatic carbocycles. The molecule has 1 aliphatic heterocycles. The first-order valence-electron chi connectivity index (χ1n) is 6.40. The van der Waals surface area contributed by atoms with Crippen LogP contribution in [-0.2, 0) is 4.74 Å². The Bertz CT molecular complexity index is 768. The fourth-order valence-corrected chi connectivity index (χ4v) is 2.69. The Morgan fingerprint density at radius 2 is 2.05 bits per heavy atom. The number of fused-ring (bicyclic) bond motifs is 1. The van der Waals surface area contributed by atoms with Crippen LogP contribution in [0.15, 0.2) is 23.0 Å². The van der Waals surface area contributed by atoms with Gasteiger partial charge in [0.15, 0.2) is 0 Å². The molecule has 0 unspecified atom stereocenters. The lowest BCUT2D eigenvalue weighted by atomic mass is 10.1. The third kappa shape index (κ3) is 2.45. The maximum Gasteiger partial charge on any atom is 0.357 e. The number of hydrogen-bond acceptors (Lipinski definition) is 5. The number of pyridine rings is 1. The molecule has 8 heteroatoms. The molecule has 7 nitrogen and oxygen atoms in total. The molecule has 3 rings (SSSR count). The molecule has 0 aliphatic carbocycles. The van der Waals surface area contributed by atoms with Gasteiger partial charge in [0.1, 0.15) is 5.69 Å². The zero-order valence-corrected chi connectivity index (χ0v) is 11.7. The number of ether oxygens (including phenoxy) is 1. The molecule has 1 aromatic heterocycles. The molecule has 0 amide bonds. The first-order valence-corrected chi connectivity index (χ1v) is 6.78. The van der Waals surface area contributed by atoms with Crippen molar-refractivity contribution in [2.24, 2.45) is 0 Å². The molecule has 0 spiro atoms. The fraction of sp³-hybridized carbons (Fsp3) is 0.308. The predicted molar refractivity (Wildman–Crippen MR) is 79.3 cm³/mol. The molecule has 2 aromatic rings. The maximum atomic E-state index is 12.1. The highest BCUT2D eigenvalue weighted by Crippen LogP contribution is 2.33. The number of aromatic nitrogens is 1. The molecule has 2 heterocycles. The van der Waals surface area contributed by atoms with Crippen molar-refractivity contribution >= 4 is 33.9 Å². The van der Waals surface area contributed by atoms with Gasteiger partial charge in [0.2, 0.25) is 0 Å². The van der Waals surface area contributed by atoms with E-state index in [1.54, 1.807) is 18.2 Å². The van der Waals surface area contributed by atoms with Crippen LogP contribution in [0.25, 0.3) is 10.9 Å². The number of morpholine rings is 1. The Balaban J connectivity index is 2.33. The summed E-state index contributed by atoms with van der Waals surface area (Å²) in [6, 6.07) is 4.92. The highest BCUT2D eigenvalue weighted by atomic mass is 35.5. The first-order chi connectivity index (χ1) is 10.1. The lowest BCUT2D eigenvalue weighted by Gasteiger charge is -2.29. The van der Waals surface area contributed by atoms with Crippen LogP contribution < -0.4 is 10.5 Å². The van der Waals surface area contributed by atoms with E-state index in [1.165, 1.54) is 0 Å². The summed E-state index contributed by atoms with van der Waals surface area (Å²) >= 11 is 5.92. The van der Waals surface area contributed by atoms with Gasteiger partial charge in [0, 0.05) is 23.5 Å². The highest BCUT2D eigenvalue weighted by Gasteiger charge is 2.28. The van der Waals surface area contributed by atoms with Crippen LogP contribution in [0.1, 0.15) is 0 Å². The zero-order chi connectivity index (χ0) is 15.0. The van der Waals surface area contributed by atoms with Crippen molar-refractivity contribution < 1.29 is 9.66 Å². The number of nitrogens with zero attached hydrogens (tertiary/aromatic N) is 2. The monoisotopic (exact) mass is 309 g/mol. The molecular formula is C13H12ClN3O4. The minimum atomic E-state index is -0.726. The summed E-state index contributed by atoms with van der Waals surface area (Å²) in [6.45, 7) is 1.95. The molecule has 1 N–H and O–H groups in total. The smallest absolute Gasteiger partial charge is 0.357 e. The number of hydrogen-bond donors (Lipinski definition) is 1. The summed E-state index contributed by atoms with van der Waals surface area (Å²) in [6.07, 6.45) is 0. The molecule has 1 fully saturated rings. The normalized spacial score (nSPS) is 15.4. The van der Waals surface area contributed by atoms with Crippen LogP contribution in [-0.4, -0.2) is 36.2 Å². The largest absolute Gasteiger partial charge is 0.378 e. The van der Waals surface area contributed by atoms with Crippen molar-refractivity contribution in [1.82, 2.24) is 4.98 Å². The van der Waals surface area contributed by atoms with Gasteiger partial charge in [-0.3, -0.25) is 14.9 Å². The molecule has 0 bridgehead atoms. The molecule has 1 saturated heterocycles. The van der Waals surface area contributed by atoms with Gasteiger partial charge in [-0.15, -0.1) is 0 Å². The van der Waals surface area contributed by atoms with Crippen LogP contribution in [0.4, 0.5) is 11.4 Å². The van der Waals surface area contributed by atoms with E-state index in [4.69, 9.17) is 16.3 Å². The summed E-state index contributed by atoms with van der Waals surface area (Å²) in [5.74, 6) is 0. The van der Waals surface area contributed by atoms with Crippen molar-refractivity contribution in [2.75, 3.05) is 31.2 Å². The standard InChI is InChI=1S/C13H12ClN3O4/c14-8-1-2-9-10(7-8)15-13(18)12(17(19)20)11(9)16-3-5-21-6-4-16/h1-2,7H,3-6H2,(H,15,18). The number of H-pyrrole nitrogens is 1. The molecule has 21 heavy (non-hydrogen) atoms. The van der Waals surface area contributed by atoms with E-state index >= 15 is 0 Å². The number of halogens is 1. The van der Waals surface area contributed by atoms with Crippen molar-refractivity contribution in [3.8, 4) is 0 Å². The SMILES string of the molecule is O=c1[nH]c2cc(Cl)ccc2c(N2CCOCC2)c1[N+](=O)[O-]. The summed E-state index contributed by atoms with van der Waals surface area (Å²) in [5, 5.41) is 12.4. The minimum Gasteiger partial charge on any atom is -0.378 e. The number of nitrogens with one attached hydrogen (secondary N) is 1. The molecule has 1 aliphatic rings. The Kier molecular flexibility index (Phi) is 3.52. The van der Waals surface area contributed by atoms with Gasteiger partial charge in [-0.2, -0.15) is 0 Å². The fourth-order valence-electron chi connectivity index (χ4n) is 2.52. The second kappa shape index (κ2) is 5.34. The molecular weight excluding hydrogens is 298 g/mol. The van der Waals surface area contributed by atoms with Gasteiger partial charge in [0.05, 0.1) is 23.7 Å². The summed E-state index contributed by atoms with van der Waals surface area (Å²) in [7, 11) is 0. The number of rotatable bonds is 2. The quantitative estimate of drug-likeness (QED) is 0.676. The number of anilines is 1. The van der Waals surface area contributed by atoms with E-state index in [0.29, 0.717) is 47.9 Å². The number of aromatic amines is 1. The third-order valence-corrected chi connectivity index (χ3v) is 3.67. The van der Waals surface area contributed by atoms with Gasteiger partial charge in [0.25, 0.3) is 0 Å². The average Bonchev–Trinajstić information content (AvgIpc) is 2.46. The Labute approximate surface area is 124 Å². The second-order valence-corrected chi connectivity index (χ2v) is 5.13. The summed E-state index contributed by atoms with van der Waals surface area (Å²) < 4.78 is 5.26. The van der Waals surface area contributed by atoms with E-state index in [0.717, 1.165) is 0 Å². The lowest BCUT2D eigenvalue weighted by molar-refractivity contribution is -0.385. The summed E-state index contributed by atoms with van der Waals surface area (Å²) in [5.41, 5.74) is -0.346. The zero-order valence-electron chi connectivity index (χ0n) is 11.0. The van der Waals surface area contributed by atoms with Crippen LogP contribution >= 0.6 is 11.6 Å². The number of nitro groups is 1. The molecule has 0 saturated carbocycles. The Morgan fingerprint density at radius 3 is 2.71 bits per heavy atom. The molecule has 0 radical (unpaired) electrons. The predicted octanol–water partition coefficient (Wildman–Crippen LogP) is 1.93. The van der Waals surface area contributed by atoms with Crippen LogP contribution in [0, 0.1) is 10.1 Å². The lowest BCUT2D eigenvalue weighted by Crippen LogP contribution is -2.37. The van der Waals surface area contributed by atoms with Gasteiger partial charge >= 0.3 is 11.2 Å². The average molecular weight is 310 g/mol. The van der Waals surface area contributed by atoms with E-state index < -0.39 is 16.2 Å². The van der Waals surface area contributed by atoms with E-state index in [9.17, 15) is 14.9 Å². The summed E-state index contributed by atoms with van der Waals surface area (Å²) in [4.78, 5) is 27.0. The second-order valence-electron chi connectivity index (χ2n) is 4.70.